The van der Waals surface area contributed by atoms with Crippen molar-refractivity contribution in [2.45, 2.75) is 33.4 Å². The minimum atomic E-state index is -0.780. The molecular weight excluding hydrogens is 415 g/mol. The Kier molecular flexibility index (Phi) is 5.88. The predicted molar refractivity (Wildman–Crippen MR) is 115 cm³/mol. The van der Waals surface area contributed by atoms with Gasteiger partial charge in [-0.3, -0.25) is 14.6 Å². The molecule has 10 heteroatoms. The first-order valence-electron chi connectivity index (χ1n) is 10.5. The van der Waals surface area contributed by atoms with Gasteiger partial charge >= 0.3 is 12.0 Å². The summed E-state index contributed by atoms with van der Waals surface area (Å²) in [5, 5.41) is 4.52. The molecule has 168 valence electrons. The first-order valence-corrected chi connectivity index (χ1v) is 10.5. The number of carbonyl (C=O) groups excluding carboxylic acids is 2. The van der Waals surface area contributed by atoms with Crippen LogP contribution >= 0.6 is 0 Å². The number of aryl methyl sites for hydroxylation is 2. The van der Waals surface area contributed by atoms with Crippen molar-refractivity contribution in [3.8, 4) is 0 Å². The van der Waals surface area contributed by atoms with Crippen LogP contribution in [0.1, 0.15) is 23.9 Å². The summed E-state index contributed by atoms with van der Waals surface area (Å²) < 4.78 is 22.3. The number of benzene rings is 1. The molecule has 1 atom stereocenters. The molecule has 3 amide bonds. The van der Waals surface area contributed by atoms with Gasteiger partial charge in [0.2, 0.25) is 11.9 Å². The van der Waals surface area contributed by atoms with Crippen molar-refractivity contribution >= 4 is 23.7 Å². The van der Waals surface area contributed by atoms with Crippen LogP contribution < -0.4 is 0 Å². The maximum Gasteiger partial charge on any atom is 0.421 e. The number of likely N-dealkylation sites (N-methyl/N-ethyl adjacent to an activating group) is 1. The number of amides is 3. The quantitative estimate of drug-likeness (QED) is 0.505. The lowest BCUT2D eigenvalue weighted by Crippen LogP contribution is -2.62. The van der Waals surface area contributed by atoms with E-state index < -0.39 is 12.1 Å². The third-order valence-corrected chi connectivity index (χ3v) is 5.52. The Morgan fingerprint density at radius 2 is 1.91 bits per heavy atom. The topological polar surface area (TPSA) is 83.0 Å². The number of carbonyl (C=O) groups is 2. The fourth-order valence-corrected chi connectivity index (χ4v) is 3.96. The molecule has 3 heterocycles. The van der Waals surface area contributed by atoms with E-state index in [0.717, 1.165) is 11.4 Å². The summed E-state index contributed by atoms with van der Waals surface area (Å²) in [5.41, 5.74) is 2.35. The van der Waals surface area contributed by atoms with E-state index in [1.165, 1.54) is 21.9 Å². The molecule has 4 rings (SSSR count). The number of imide groups is 1. The number of amidine groups is 1. The minimum Gasteiger partial charge on any atom is -0.378 e. The lowest BCUT2D eigenvalue weighted by Gasteiger charge is -2.34. The van der Waals surface area contributed by atoms with Crippen molar-refractivity contribution in [3.63, 3.8) is 0 Å². The van der Waals surface area contributed by atoms with Gasteiger partial charge in [-0.2, -0.15) is 0 Å². The van der Waals surface area contributed by atoms with Gasteiger partial charge in [0.05, 0.1) is 25.4 Å². The number of aliphatic imine (C=N–C) groups is 1. The number of fused-ring (bicyclic) bond motifs is 1. The predicted octanol–water partition coefficient (Wildman–Crippen LogP) is 1.77. The normalized spacial score (nSPS) is 18.5. The maximum atomic E-state index is 13.5. The van der Waals surface area contributed by atoms with Crippen LogP contribution in [-0.4, -0.2) is 80.7 Å². The van der Waals surface area contributed by atoms with Crippen molar-refractivity contribution < 1.29 is 23.3 Å². The standard InChI is InChI=1S/C22H26FN6O3/c1-5-32-11-10-27-18-19(24-21(27)29-15(3)12-14(2)25-29)26(4)22(31)28(20(18)30)13-16-6-8-17(23)9-7-16/h6-9,12,18H,5,10-11,13H2,1-4H3/q+1. The summed E-state index contributed by atoms with van der Waals surface area (Å²) in [7, 11) is 1.60. The van der Waals surface area contributed by atoms with Gasteiger partial charge in [0.1, 0.15) is 11.5 Å². The van der Waals surface area contributed by atoms with Gasteiger partial charge in [-0.25, -0.2) is 13.8 Å². The van der Waals surface area contributed by atoms with Crippen molar-refractivity contribution in [3.05, 3.63) is 53.1 Å². The van der Waals surface area contributed by atoms with Gasteiger partial charge in [-0.1, -0.05) is 17.1 Å². The van der Waals surface area contributed by atoms with E-state index in [9.17, 15) is 14.0 Å². The summed E-state index contributed by atoms with van der Waals surface area (Å²) in [4.78, 5) is 33.8. The Labute approximate surface area is 185 Å². The Morgan fingerprint density at radius 3 is 2.53 bits per heavy atom. The van der Waals surface area contributed by atoms with Crippen LogP contribution in [0.3, 0.4) is 0 Å². The second kappa shape index (κ2) is 8.62. The van der Waals surface area contributed by atoms with Crippen LogP contribution in [0.5, 0.6) is 0 Å². The SMILES string of the molecule is CCOCC[N+]1=C(n2nc(C)cc2C)N=C2C1C(=O)N(Cc1ccc(F)cc1)C(=O)N2C. The van der Waals surface area contributed by atoms with E-state index >= 15 is 0 Å². The highest BCUT2D eigenvalue weighted by molar-refractivity contribution is 6.22. The fraction of sp³-hybridized carbons (Fsp3) is 0.409. The van der Waals surface area contributed by atoms with Gasteiger partial charge in [0.15, 0.2) is 0 Å². The molecule has 1 fully saturated rings. The lowest BCUT2D eigenvalue weighted by atomic mass is 10.1. The number of urea groups is 1. The largest absolute Gasteiger partial charge is 0.421 e. The molecule has 32 heavy (non-hydrogen) atoms. The van der Waals surface area contributed by atoms with Crippen molar-refractivity contribution in [1.82, 2.24) is 19.6 Å². The molecule has 0 spiro atoms. The summed E-state index contributed by atoms with van der Waals surface area (Å²) in [6, 6.07) is 6.41. The van der Waals surface area contributed by atoms with Crippen LogP contribution in [0.2, 0.25) is 0 Å². The van der Waals surface area contributed by atoms with Crippen LogP contribution in [0, 0.1) is 19.7 Å². The zero-order valence-corrected chi connectivity index (χ0v) is 18.6. The molecule has 2 aliphatic heterocycles. The molecule has 2 aromatic rings. The number of rotatable bonds is 6. The summed E-state index contributed by atoms with van der Waals surface area (Å²) >= 11 is 0. The molecule has 1 aromatic carbocycles. The molecule has 0 radical (unpaired) electrons. The number of hydrogen-bond acceptors (Lipinski definition) is 5. The third-order valence-electron chi connectivity index (χ3n) is 5.52. The highest BCUT2D eigenvalue weighted by Crippen LogP contribution is 2.23. The lowest BCUT2D eigenvalue weighted by molar-refractivity contribution is -0.540. The number of ether oxygens (including phenoxy) is 1. The average Bonchev–Trinajstić information content (AvgIpc) is 3.30. The highest BCUT2D eigenvalue weighted by Gasteiger charge is 2.53. The van der Waals surface area contributed by atoms with Crippen molar-refractivity contribution in [2.75, 3.05) is 26.8 Å². The van der Waals surface area contributed by atoms with E-state index in [2.05, 4.69) is 10.1 Å². The third kappa shape index (κ3) is 3.81. The Bertz CT molecular complexity index is 1120. The highest BCUT2D eigenvalue weighted by atomic mass is 19.1. The first kappa shape index (κ1) is 21.8. The van der Waals surface area contributed by atoms with Crippen molar-refractivity contribution in [1.29, 1.82) is 0 Å². The first-order chi connectivity index (χ1) is 15.3. The summed E-state index contributed by atoms with van der Waals surface area (Å²) in [6.07, 6.45) is 0. The molecule has 0 N–H and O–H groups in total. The molecule has 2 aliphatic rings. The van der Waals surface area contributed by atoms with Crippen LogP contribution in [0.15, 0.2) is 35.3 Å². The van der Waals surface area contributed by atoms with E-state index in [-0.39, 0.29) is 18.3 Å². The smallest absolute Gasteiger partial charge is 0.378 e. The zero-order valence-electron chi connectivity index (χ0n) is 18.6. The second-order valence-electron chi connectivity index (χ2n) is 7.79. The van der Waals surface area contributed by atoms with Crippen LogP contribution in [-0.2, 0) is 16.1 Å². The Hall–Kier alpha value is -3.40. The van der Waals surface area contributed by atoms with Gasteiger partial charge < -0.3 is 4.74 Å². The van der Waals surface area contributed by atoms with Crippen molar-refractivity contribution in [2.24, 2.45) is 4.99 Å². The summed E-state index contributed by atoms with van der Waals surface area (Å²) in [6.45, 7) is 7.08. The molecule has 0 saturated carbocycles. The fourth-order valence-electron chi connectivity index (χ4n) is 3.96. The minimum absolute atomic E-state index is 0.0423. The molecule has 1 saturated heterocycles. The number of hydrogen-bond donors (Lipinski definition) is 0. The van der Waals surface area contributed by atoms with E-state index in [4.69, 9.17) is 4.74 Å². The molecule has 0 bridgehead atoms. The van der Waals surface area contributed by atoms with Gasteiger partial charge in [0, 0.05) is 13.7 Å². The maximum absolute atomic E-state index is 13.5. The summed E-state index contributed by atoms with van der Waals surface area (Å²) in [5.74, 6) is 0.0733. The second-order valence-corrected chi connectivity index (χ2v) is 7.79. The molecule has 1 aromatic heterocycles. The Balaban J connectivity index is 1.73. The van der Waals surface area contributed by atoms with Gasteiger partial charge in [-0.15, -0.1) is 9.78 Å². The molecule has 1 unspecified atom stereocenters. The number of halogens is 1. The monoisotopic (exact) mass is 441 g/mol. The number of nitrogens with zero attached hydrogens (tertiary/aromatic N) is 6. The van der Waals surface area contributed by atoms with Crippen LogP contribution in [0.4, 0.5) is 9.18 Å². The molecule has 9 nitrogen and oxygen atoms in total. The average molecular weight is 441 g/mol. The molecule has 0 aliphatic carbocycles. The number of aromatic nitrogens is 2. The van der Waals surface area contributed by atoms with Gasteiger partial charge in [0.25, 0.3) is 5.91 Å². The van der Waals surface area contributed by atoms with E-state index in [0.29, 0.717) is 37.1 Å². The van der Waals surface area contributed by atoms with Crippen LogP contribution in [0.25, 0.3) is 0 Å². The Morgan fingerprint density at radius 1 is 1.19 bits per heavy atom. The van der Waals surface area contributed by atoms with E-state index in [1.54, 1.807) is 23.9 Å². The van der Waals surface area contributed by atoms with Gasteiger partial charge in [-0.05, 0) is 44.5 Å². The zero-order chi connectivity index (χ0) is 23.0. The molecular formula is C22H26FN6O3+. The van der Waals surface area contributed by atoms with E-state index in [1.807, 2.05) is 31.4 Å².